The fraction of sp³-hybridized carbons (Fsp3) is 0.424. The number of carbonyl (C=O) groups excluding carboxylic acids is 1. The van der Waals surface area contributed by atoms with Gasteiger partial charge in [0.05, 0.1) is 11.4 Å². The molecule has 0 radical (unpaired) electrons. The van der Waals surface area contributed by atoms with Gasteiger partial charge in [-0.05, 0) is 75.1 Å². The van der Waals surface area contributed by atoms with Gasteiger partial charge in [0.15, 0.2) is 0 Å². The highest BCUT2D eigenvalue weighted by Gasteiger charge is 2.28. The van der Waals surface area contributed by atoms with Gasteiger partial charge in [-0.2, -0.15) is 4.98 Å². The minimum atomic E-state index is -0.466. The third-order valence-electron chi connectivity index (χ3n) is 7.49. The molecule has 0 bridgehead atoms. The molecule has 0 aliphatic heterocycles. The second-order valence-electron chi connectivity index (χ2n) is 10.1. The smallest absolute Gasteiger partial charge is 0.232 e. The Morgan fingerprint density at radius 1 is 1.02 bits per heavy atom. The van der Waals surface area contributed by atoms with Gasteiger partial charge in [-0.25, -0.2) is 9.37 Å². The summed E-state index contributed by atoms with van der Waals surface area (Å²) in [6.07, 6.45) is 1.65. The van der Waals surface area contributed by atoms with E-state index in [1.807, 2.05) is 46.0 Å². The van der Waals surface area contributed by atoms with E-state index in [1.165, 1.54) is 11.0 Å². The number of para-hydroxylation sites is 1. The zero-order valence-corrected chi connectivity index (χ0v) is 25.7. The quantitative estimate of drug-likeness (QED) is 0.210. The van der Waals surface area contributed by atoms with Crippen molar-refractivity contribution in [3.8, 4) is 11.3 Å². The number of benzene rings is 2. The fourth-order valence-corrected chi connectivity index (χ4v) is 4.95. The molecule has 0 aliphatic carbocycles. The number of anilines is 3. The maximum Gasteiger partial charge on any atom is 0.232 e. The molecule has 0 saturated heterocycles. The van der Waals surface area contributed by atoms with Crippen molar-refractivity contribution < 1.29 is 9.18 Å². The number of nitrogens with zero attached hydrogens (tertiary/aromatic N) is 4. The third kappa shape index (κ3) is 7.30. The molecule has 1 aromatic heterocycles. The van der Waals surface area contributed by atoms with E-state index in [0.717, 1.165) is 59.7 Å². The summed E-state index contributed by atoms with van der Waals surface area (Å²) >= 11 is 0. The Morgan fingerprint density at radius 2 is 1.76 bits per heavy atom. The molecule has 0 spiro atoms. The van der Waals surface area contributed by atoms with Crippen LogP contribution in [0.5, 0.6) is 0 Å². The highest BCUT2D eigenvalue weighted by atomic mass is 19.1. The minimum Gasteiger partial charge on any atom is -0.388 e. The van der Waals surface area contributed by atoms with Crippen molar-refractivity contribution in [2.45, 2.75) is 60.8 Å². The Balaban J connectivity index is 2.26. The lowest BCUT2D eigenvalue weighted by Gasteiger charge is -2.27. The van der Waals surface area contributed by atoms with Crippen LogP contribution in [0.15, 0.2) is 43.0 Å². The lowest BCUT2D eigenvalue weighted by atomic mass is 9.96. The largest absolute Gasteiger partial charge is 0.388 e. The fourth-order valence-electron chi connectivity index (χ4n) is 4.95. The first-order valence-electron chi connectivity index (χ1n) is 14.6. The van der Waals surface area contributed by atoms with Crippen LogP contribution in [0.3, 0.4) is 0 Å². The van der Waals surface area contributed by atoms with Crippen molar-refractivity contribution in [3.05, 3.63) is 71.0 Å². The van der Waals surface area contributed by atoms with Crippen molar-refractivity contribution in [1.82, 2.24) is 20.2 Å². The van der Waals surface area contributed by atoms with Crippen molar-refractivity contribution in [2.75, 3.05) is 43.4 Å². The van der Waals surface area contributed by atoms with Crippen LogP contribution in [0.2, 0.25) is 0 Å². The number of amides is 1. The van der Waals surface area contributed by atoms with Gasteiger partial charge in [-0.15, -0.1) is 0 Å². The van der Waals surface area contributed by atoms with Gasteiger partial charge in [0, 0.05) is 36.8 Å². The van der Waals surface area contributed by atoms with Crippen LogP contribution < -0.4 is 15.5 Å². The molecule has 0 fully saturated rings. The van der Waals surface area contributed by atoms with Crippen LogP contribution in [-0.4, -0.2) is 54.0 Å². The number of hydrogen-bond donors (Lipinski definition) is 2. The minimum absolute atomic E-state index is 0.194. The van der Waals surface area contributed by atoms with Crippen LogP contribution >= 0.6 is 0 Å². The van der Waals surface area contributed by atoms with E-state index in [0.29, 0.717) is 30.3 Å². The SMILES string of the molecule is C=C(NC)c1ccc(C)c(-c2nc(NCCCN(CC)CC)nc(N(C(=O)CC)c3c(C)cccc3F)c2CC)c1. The molecule has 8 heteroatoms. The van der Waals surface area contributed by atoms with Crippen molar-refractivity contribution in [3.63, 3.8) is 0 Å². The molecule has 1 amide bonds. The summed E-state index contributed by atoms with van der Waals surface area (Å²) < 4.78 is 15.4. The first-order chi connectivity index (χ1) is 19.7. The maximum atomic E-state index is 15.4. The maximum absolute atomic E-state index is 15.4. The zero-order chi connectivity index (χ0) is 30.1. The van der Waals surface area contributed by atoms with E-state index < -0.39 is 5.82 Å². The van der Waals surface area contributed by atoms with Gasteiger partial charge in [-0.3, -0.25) is 9.69 Å². The highest BCUT2D eigenvalue weighted by Crippen LogP contribution is 2.38. The van der Waals surface area contributed by atoms with Crippen LogP contribution in [-0.2, 0) is 11.2 Å². The topological polar surface area (TPSA) is 73.4 Å². The zero-order valence-electron chi connectivity index (χ0n) is 25.7. The average Bonchev–Trinajstić information content (AvgIpc) is 2.98. The standard InChI is InChI=1S/C33H45FN6O/c1-9-26-30(27-21-25(24(7)35-8)18-17-22(27)5)37-33(36-19-14-20-39(11-3)12-4)38-32(26)40(29(41)10-2)31-23(6)15-13-16-28(31)34/h13,15-18,21,35H,7,9-12,14,19-20H2,1-6,8H3,(H,36,37,38). The molecule has 1 heterocycles. The summed E-state index contributed by atoms with van der Waals surface area (Å²) in [6, 6.07) is 11.0. The lowest BCUT2D eigenvalue weighted by Crippen LogP contribution is -2.29. The van der Waals surface area contributed by atoms with E-state index in [4.69, 9.17) is 9.97 Å². The summed E-state index contributed by atoms with van der Waals surface area (Å²) in [4.78, 5) is 27.3. The number of aryl methyl sites for hydroxylation is 2. The van der Waals surface area contributed by atoms with Crippen molar-refractivity contribution >= 4 is 29.1 Å². The van der Waals surface area contributed by atoms with Gasteiger partial charge in [0.2, 0.25) is 11.9 Å². The number of carbonyl (C=O) groups is 1. The van der Waals surface area contributed by atoms with Crippen molar-refractivity contribution in [2.24, 2.45) is 0 Å². The first kappa shape index (κ1) is 31.7. The number of halogens is 1. The molecule has 3 rings (SSSR count). The number of aromatic nitrogens is 2. The van der Waals surface area contributed by atoms with Crippen molar-refractivity contribution in [1.29, 1.82) is 0 Å². The van der Waals surface area contributed by atoms with Gasteiger partial charge < -0.3 is 15.5 Å². The number of nitrogens with one attached hydrogen (secondary N) is 2. The van der Waals surface area contributed by atoms with Gasteiger partial charge in [0.25, 0.3) is 0 Å². The second kappa shape index (κ2) is 14.7. The molecule has 220 valence electrons. The molecule has 0 aliphatic rings. The summed E-state index contributed by atoms with van der Waals surface area (Å²) in [5.74, 6) is 0.109. The highest BCUT2D eigenvalue weighted by molar-refractivity contribution is 6.01. The van der Waals surface area contributed by atoms with Crippen LogP contribution in [0, 0.1) is 19.7 Å². The number of rotatable bonds is 14. The first-order valence-corrected chi connectivity index (χ1v) is 14.6. The Hall–Kier alpha value is -3.78. The van der Waals surface area contributed by atoms with E-state index in [9.17, 15) is 4.79 Å². The van der Waals surface area contributed by atoms with E-state index >= 15 is 4.39 Å². The molecule has 2 N–H and O–H groups in total. The van der Waals surface area contributed by atoms with Gasteiger partial charge in [0.1, 0.15) is 11.6 Å². The van der Waals surface area contributed by atoms with Gasteiger partial charge >= 0.3 is 0 Å². The Labute approximate surface area is 244 Å². The Kier molecular flexibility index (Phi) is 11.4. The predicted octanol–water partition coefficient (Wildman–Crippen LogP) is 6.87. The normalized spacial score (nSPS) is 11.0. The molecule has 0 unspecified atom stereocenters. The average molecular weight is 561 g/mol. The Morgan fingerprint density at radius 3 is 2.37 bits per heavy atom. The molecule has 0 saturated carbocycles. The number of hydrogen-bond acceptors (Lipinski definition) is 6. The molecular weight excluding hydrogens is 515 g/mol. The molecule has 7 nitrogen and oxygen atoms in total. The summed E-state index contributed by atoms with van der Waals surface area (Å²) in [6.45, 7) is 19.7. The third-order valence-corrected chi connectivity index (χ3v) is 7.49. The van der Waals surface area contributed by atoms with Crippen LogP contribution in [0.1, 0.15) is 62.8 Å². The summed E-state index contributed by atoms with van der Waals surface area (Å²) in [7, 11) is 1.84. The summed E-state index contributed by atoms with van der Waals surface area (Å²) in [5, 5.41) is 6.52. The van der Waals surface area contributed by atoms with E-state index in [1.54, 1.807) is 13.0 Å². The molecular formula is C33H45FN6O. The van der Waals surface area contributed by atoms with E-state index in [-0.39, 0.29) is 18.0 Å². The Bertz CT molecular complexity index is 1350. The molecule has 2 aromatic carbocycles. The van der Waals surface area contributed by atoms with Crippen LogP contribution in [0.4, 0.5) is 21.8 Å². The van der Waals surface area contributed by atoms with E-state index in [2.05, 4.69) is 42.0 Å². The predicted molar refractivity (Wildman–Crippen MR) is 169 cm³/mol. The van der Waals surface area contributed by atoms with Gasteiger partial charge in [-0.1, -0.05) is 58.5 Å². The summed E-state index contributed by atoms with van der Waals surface area (Å²) in [5.41, 5.74) is 6.05. The monoisotopic (exact) mass is 560 g/mol. The molecule has 41 heavy (non-hydrogen) atoms. The molecule has 0 atom stereocenters. The van der Waals surface area contributed by atoms with Crippen LogP contribution in [0.25, 0.3) is 17.0 Å². The second-order valence-corrected chi connectivity index (χ2v) is 10.1. The lowest BCUT2D eigenvalue weighted by molar-refractivity contribution is -0.117. The molecule has 3 aromatic rings.